The van der Waals surface area contributed by atoms with E-state index in [2.05, 4.69) is 10.2 Å². The quantitative estimate of drug-likeness (QED) is 0.795. The van der Waals surface area contributed by atoms with Gasteiger partial charge in [0, 0.05) is 17.5 Å². The number of hydrogen-bond acceptors (Lipinski definition) is 6. The molecule has 1 saturated heterocycles. The van der Waals surface area contributed by atoms with Crippen molar-refractivity contribution in [3.63, 3.8) is 0 Å². The van der Waals surface area contributed by atoms with Crippen LogP contribution < -0.4 is 5.32 Å². The Morgan fingerprint density at radius 2 is 2.17 bits per heavy atom. The molecule has 24 heavy (non-hydrogen) atoms. The molecule has 1 fully saturated rings. The lowest BCUT2D eigenvalue weighted by atomic mass is 10.2. The Kier molecular flexibility index (Phi) is 6.77. The van der Waals surface area contributed by atoms with E-state index in [9.17, 15) is 9.59 Å². The topological polar surface area (TPSA) is 67.9 Å². The van der Waals surface area contributed by atoms with Crippen molar-refractivity contribution in [1.82, 2.24) is 4.90 Å². The number of hydrogen-bond donors (Lipinski definition) is 1. The molecule has 0 aliphatic carbocycles. The van der Waals surface area contributed by atoms with Crippen LogP contribution in [-0.4, -0.2) is 55.2 Å². The van der Waals surface area contributed by atoms with Gasteiger partial charge in [0.1, 0.15) is 5.00 Å². The molecular formula is C17H26N2O4S. The van der Waals surface area contributed by atoms with E-state index >= 15 is 0 Å². The molecule has 1 N–H and O–H groups in total. The minimum Gasteiger partial charge on any atom is -0.462 e. The molecule has 1 aromatic rings. The molecule has 1 amide bonds. The number of aryl methyl sites for hydroxylation is 1. The molecule has 0 spiro atoms. The van der Waals surface area contributed by atoms with Gasteiger partial charge in [-0.1, -0.05) is 6.92 Å². The largest absolute Gasteiger partial charge is 0.462 e. The highest BCUT2D eigenvalue weighted by Gasteiger charge is 2.26. The summed E-state index contributed by atoms with van der Waals surface area (Å²) >= 11 is 1.43. The number of thiophene rings is 1. The van der Waals surface area contributed by atoms with E-state index in [0.717, 1.165) is 17.8 Å². The monoisotopic (exact) mass is 354 g/mol. The number of carbonyl (C=O) groups excluding carboxylic acids is 2. The summed E-state index contributed by atoms with van der Waals surface area (Å²) in [6.07, 6.45) is 0.933. The smallest absolute Gasteiger partial charge is 0.341 e. The fourth-order valence-corrected chi connectivity index (χ4v) is 3.61. The van der Waals surface area contributed by atoms with Crippen LogP contribution in [0.5, 0.6) is 0 Å². The van der Waals surface area contributed by atoms with Crippen molar-refractivity contribution in [3.05, 3.63) is 16.5 Å². The van der Waals surface area contributed by atoms with Crippen LogP contribution >= 0.6 is 11.3 Å². The van der Waals surface area contributed by atoms with Gasteiger partial charge >= 0.3 is 5.97 Å². The van der Waals surface area contributed by atoms with Crippen molar-refractivity contribution in [2.45, 2.75) is 46.3 Å². The van der Waals surface area contributed by atoms with Gasteiger partial charge in [-0.15, -0.1) is 11.3 Å². The molecule has 0 aromatic carbocycles. The van der Waals surface area contributed by atoms with Crippen LogP contribution in [-0.2, 0) is 20.7 Å². The van der Waals surface area contributed by atoms with Crippen molar-refractivity contribution in [3.8, 4) is 0 Å². The van der Waals surface area contributed by atoms with Crippen molar-refractivity contribution >= 4 is 28.2 Å². The second-order valence-corrected chi connectivity index (χ2v) is 7.14. The van der Waals surface area contributed by atoms with E-state index in [1.807, 2.05) is 20.8 Å². The zero-order valence-corrected chi connectivity index (χ0v) is 15.6. The van der Waals surface area contributed by atoms with Crippen LogP contribution in [0.4, 0.5) is 5.00 Å². The van der Waals surface area contributed by atoms with Gasteiger partial charge in [0.2, 0.25) is 5.91 Å². The van der Waals surface area contributed by atoms with E-state index < -0.39 is 5.97 Å². The Hall–Kier alpha value is -1.44. The molecule has 1 aromatic heterocycles. The molecule has 1 aliphatic rings. The van der Waals surface area contributed by atoms with E-state index in [1.165, 1.54) is 11.3 Å². The maximum atomic E-state index is 12.4. The molecule has 0 bridgehead atoms. The number of ether oxygens (including phenoxy) is 2. The molecule has 0 radical (unpaired) electrons. The van der Waals surface area contributed by atoms with E-state index in [-0.39, 0.29) is 24.6 Å². The highest BCUT2D eigenvalue weighted by molar-refractivity contribution is 7.16. The average Bonchev–Trinajstić information content (AvgIpc) is 2.94. The summed E-state index contributed by atoms with van der Waals surface area (Å²) in [6.45, 7) is 9.79. The molecule has 2 atom stereocenters. The summed E-state index contributed by atoms with van der Waals surface area (Å²) in [5.41, 5.74) is 0.440. The van der Waals surface area contributed by atoms with Gasteiger partial charge in [0.25, 0.3) is 0 Å². The SMILES string of the molecule is CCOC(=O)c1cc(CC)sc1NC(=O)CN1CC(C)OCC1C. The molecule has 7 heteroatoms. The van der Waals surface area contributed by atoms with Crippen LogP contribution in [0.15, 0.2) is 6.07 Å². The summed E-state index contributed by atoms with van der Waals surface area (Å²) in [4.78, 5) is 27.6. The number of esters is 1. The number of rotatable bonds is 6. The van der Waals surface area contributed by atoms with E-state index in [0.29, 0.717) is 23.8 Å². The van der Waals surface area contributed by atoms with Crippen LogP contribution in [0.3, 0.4) is 0 Å². The Bertz CT molecular complexity index is 587. The van der Waals surface area contributed by atoms with Gasteiger partial charge in [-0.25, -0.2) is 4.79 Å². The van der Waals surface area contributed by atoms with Crippen molar-refractivity contribution in [1.29, 1.82) is 0 Å². The number of amides is 1. The zero-order chi connectivity index (χ0) is 17.7. The molecule has 134 valence electrons. The molecule has 6 nitrogen and oxygen atoms in total. The minimum absolute atomic E-state index is 0.119. The second-order valence-electron chi connectivity index (χ2n) is 6.00. The summed E-state index contributed by atoms with van der Waals surface area (Å²) in [5, 5.41) is 3.46. The number of morpholine rings is 1. The van der Waals surface area contributed by atoms with Crippen LogP contribution in [0.25, 0.3) is 0 Å². The standard InChI is InChI=1S/C17H26N2O4S/c1-5-13-7-14(17(21)22-6-2)16(24-13)18-15(20)9-19-8-12(4)23-10-11(19)3/h7,11-12H,5-6,8-10H2,1-4H3,(H,18,20). The molecule has 2 heterocycles. The Morgan fingerprint density at radius 1 is 1.42 bits per heavy atom. The second kappa shape index (κ2) is 8.60. The number of carbonyl (C=O) groups is 2. The normalized spacial score (nSPS) is 21.5. The van der Waals surface area contributed by atoms with Gasteiger partial charge in [-0.3, -0.25) is 9.69 Å². The third-order valence-electron chi connectivity index (χ3n) is 3.96. The van der Waals surface area contributed by atoms with Gasteiger partial charge in [0.05, 0.1) is 31.4 Å². The van der Waals surface area contributed by atoms with Crippen LogP contribution in [0.1, 0.15) is 42.9 Å². The van der Waals surface area contributed by atoms with E-state index in [4.69, 9.17) is 9.47 Å². The maximum Gasteiger partial charge on any atom is 0.341 e. The Balaban J connectivity index is 2.05. The lowest BCUT2D eigenvalue weighted by Gasteiger charge is -2.36. The van der Waals surface area contributed by atoms with Gasteiger partial charge in [-0.2, -0.15) is 0 Å². The lowest BCUT2D eigenvalue weighted by molar-refractivity contribution is -0.121. The van der Waals surface area contributed by atoms with Crippen molar-refractivity contribution in [2.24, 2.45) is 0 Å². The summed E-state index contributed by atoms with van der Waals surface area (Å²) < 4.78 is 10.7. The first kappa shape index (κ1) is 18.9. The van der Waals surface area contributed by atoms with Crippen LogP contribution in [0.2, 0.25) is 0 Å². The summed E-state index contributed by atoms with van der Waals surface area (Å²) in [5.74, 6) is -0.511. The highest BCUT2D eigenvalue weighted by atomic mass is 32.1. The van der Waals surface area contributed by atoms with Crippen molar-refractivity contribution in [2.75, 3.05) is 31.6 Å². The number of nitrogens with one attached hydrogen (secondary N) is 1. The lowest BCUT2D eigenvalue weighted by Crippen LogP contribution is -2.50. The summed E-state index contributed by atoms with van der Waals surface area (Å²) in [7, 11) is 0. The Labute approximate surface area is 147 Å². The predicted octanol–water partition coefficient (Wildman–Crippen LogP) is 2.53. The average molecular weight is 354 g/mol. The predicted molar refractivity (Wildman–Crippen MR) is 94.7 cm³/mol. The fourth-order valence-electron chi connectivity index (χ4n) is 2.61. The van der Waals surface area contributed by atoms with Gasteiger partial charge in [0.15, 0.2) is 0 Å². The number of anilines is 1. The minimum atomic E-state index is -0.392. The molecule has 1 aliphatic heterocycles. The molecule has 2 rings (SSSR count). The fraction of sp³-hybridized carbons (Fsp3) is 0.647. The van der Waals surface area contributed by atoms with Gasteiger partial charge in [-0.05, 0) is 33.3 Å². The zero-order valence-electron chi connectivity index (χ0n) is 14.8. The first-order valence-electron chi connectivity index (χ1n) is 8.39. The summed E-state index contributed by atoms with van der Waals surface area (Å²) in [6, 6.07) is 2.00. The molecule has 0 saturated carbocycles. The first-order chi connectivity index (χ1) is 11.4. The van der Waals surface area contributed by atoms with Crippen molar-refractivity contribution < 1.29 is 19.1 Å². The van der Waals surface area contributed by atoms with Gasteiger partial charge < -0.3 is 14.8 Å². The molecular weight excluding hydrogens is 328 g/mol. The maximum absolute atomic E-state index is 12.4. The van der Waals surface area contributed by atoms with Crippen LogP contribution in [0, 0.1) is 0 Å². The Morgan fingerprint density at radius 3 is 2.83 bits per heavy atom. The third-order valence-corrected chi connectivity index (χ3v) is 5.16. The number of nitrogens with zero attached hydrogens (tertiary/aromatic N) is 1. The van der Waals surface area contributed by atoms with E-state index in [1.54, 1.807) is 13.0 Å². The molecule has 2 unspecified atom stereocenters. The highest BCUT2D eigenvalue weighted by Crippen LogP contribution is 2.29. The first-order valence-corrected chi connectivity index (χ1v) is 9.21. The third kappa shape index (κ3) is 4.78.